The van der Waals surface area contributed by atoms with Gasteiger partial charge < -0.3 is 34.4 Å². The summed E-state index contributed by atoms with van der Waals surface area (Å²) >= 11 is 3.75. The van der Waals surface area contributed by atoms with Gasteiger partial charge in [-0.3, -0.25) is 4.79 Å². The Balaban J connectivity index is 1.08. The van der Waals surface area contributed by atoms with Gasteiger partial charge in [-0.05, 0) is 108 Å². The standard InChI is InChI=1S/C40H45BrN6O5/c1-20(2)33(45-40(49)51-5)39(48)47-21(3)6-13-31(47)38-42-30-12-10-23-16-29-27-11-9-24(15-26(27)19-52-32(29)17-28(23)35(30)44-38)34-36(41)46-37(43-34)25-8-7-22(14-25)18-50-4/h9-12,15-17,20-22,25,31,33H,6-8,13-14,18-19H2,1-5H3,(H,42,44)(H,43,46)(H,45,49)/t21-,22+,25-,31-,33-/m0/s1. The molecule has 2 aromatic heterocycles. The summed E-state index contributed by atoms with van der Waals surface area (Å²) in [5, 5.41) is 4.79. The van der Waals surface area contributed by atoms with Crippen molar-refractivity contribution in [2.45, 2.75) is 83.5 Å². The molecule has 5 aromatic rings. The fourth-order valence-corrected chi connectivity index (χ4v) is 9.08. The number of nitrogens with one attached hydrogen (secondary N) is 3. The van der Waals surface area contributed by atoms with Crippen LogP contribution in [-0.4, -0.2) is 69.7 Å². The lowest BCUT2D eigenvalue weighted by Gasteiger charge is -2.32. The number of imidazole rings is 2. The van der Waals surface area contributed by atoms with Crippen LogP contribution in [0.25, 0.3) is 44.2 Å². The number of methoxy groups -OCH3 is 2. The van der Waals surface area contributed by atoms with Gasteiger partial charge in [0.1, 0.15) is 40.3 Å². The highest BCUT2D eigenvalue weighted by atomic mass is 79.9. The number of H-pyrrole nitrogens is 2. The zero-order valence-corrected chi connectivity index (χ0v) is 31.8. The van der Waals surface area contributed by atoms with Crippen LogP contribution in [0.4, 0.5) is 4.79 Å². The van der Waals surface area contributed by atoms with Crippen LogP contribution in [0, 0.1) is 11.8 Å². The van der Waals surface area contributed by atoms with E-state index in [0.717, 1.165) is 104 Å². The van der Waals surface area contributed by atoms with Crippen molar-refractivity contribution in [3.05, 3.63) is 64.3 Å². The predicted octanol–water partition coefficient (Wildman–Crippen LogP) is 8.39. The van der Waals surface area contributed by atoms with Gasteiger partial charge in [0.05, 0.1) is 24.2 Å². The fraction of sp³-hybridized carbons (Fsp3) is 0.450. The average Bonchev–Trinajstić information content (AvgIpc) is 3.95. The normalized spacial score (nSPS) is 21.7. The maximum Gasteiger partial charge on any atom is 0.407 e. The van der Waals surface area contributed by atoms with Crippen LogP contribution in [0.15, 0.2) is 47.1 Å². The first-order chi connectivity index (χ1) is 25.1. The van der Waals surface area contributed by atoms with E-state index in [9.17, 15) is 9.59 Å². The first-order valence-electron chi connectivity index (χ1n) is 18.3. The van der Waals surface area contributed by atoms with Crippen molar-refractivity contribution in [3.63, 3.8) is 0 Å². The number of halogens is 1. The van der Waals surface area contributed by atoms with E-state index in [1.807, 2.05) is 18.7 Å². The Morgan fingerprint density at radius 1 is 1.02 bits per heavy atom. The Labute approximate surface area is 311 Å². The summed E-state index contributed by atoms with van der Waals surface area (Å²) in [4.78, 5) is 45.1. The molecule has 11 nitrogen and oxygen atoms in total. The SMILES string of the molecule is COC[C@@H]1CC[C@H](c2nc(-c3ccc4c(c3)COc3cc5c(ccc6[nH]c([C@@H]7CC[C@H](C)N7C(=O)[C@@H](NC(=O)OC)C(C)C)nc65)cc3-4)c(Br)[nH]2)C1. The quantitative estimate of drug-likeness (QED) is 0.144. The molecule has 1 saturated heterocycles. The third-order valence-corrected chi connectivity index (χ3v) is 11.9. The maximum atomic E-state index is 13.9. The van der Waals surface area contributed by atoms with Crippen molar-refractivity contribution in [2.24, 2.45) is 11.8 Å². The average molecular weight is 770 g/mol. The number of fused-ring (bicyclic) bond motifs is 6. The van der Waals surface area contributed by atoms with Gasteiger partial charge in [-0.15, -0.1) is 0 Å². The molecule has 0 radical (unpaired) electrons. The number of hydrogen-bond donors (Lipinski definition) is 3. The Bertz CT molecular complexity index is 2180. The van der Waals surface area contributed by atoms with Gasteiger partial charge >= 0.3 is 6.09 Å². The molecule has 8 rings (SSSR count). The molecule has 3 N–H and O–H groups in total. The molecule has 3 aliphatic rings. The summed E-state index contributed by atoms with van der Waals surface area (Å²) in [6.45, 7) is 7.15. The van der Waals surface area contributed by atoms with Crippen molar-refractivity contribution in [2.75, 3.05) is 20.8 Å². The van der Waals surface area contributed by atoms with Crippen molar-refractivity contribution in [3.8, 4) is 28.1 Å². The summed E-state index contributed by atoms with van der Waals surface area (Å²) in [5.74, 6) is 3.36. The highest BCUT2D eigenvalue weighted by Crippen LogP contribution is 2.45. The van der Waals surface area contributed by atoms with E-state index in [1.54, 1.807) is 7.11 Å². The molecule has 3 aromatic carbocycles. The van der Waals surface area contributed by atoms with Gasteiger partial charge in [0.15, 0.2) is 0 Å². The number of amides is 2. The molecule has 1 aliphatic carbocycles. The first kappa shape index (κ1) is 34.7. The number of alkyl carbamates (subject to hydrolysis) is 1. The minimum Gasteiger partial charge on any atom is -0.488 e. The van der Waals surface area contributed by atoms with Gasteiger partial charge in [0, 0.05) is 42.2 Å². The number of carbonyl (C=O) groups excluding carboxylic acids is 2. The molecule has 272 valence electrons. The van der Waals surface area contributed by atoms with Crippen molar-refractivity contribution in [1.29, 1.82) is 0 Å². The zero-order chi connectivity index (χ0) is 36.3. The highest BCUT2D eigenvalue weighted by Gasteiger charge is 2.41. The number of likely N-dealkylation sites (tertiary alicyclic amines) is 1. The second-order valence-corrected chi connectivity index (χ2v) is 15.8. The third kappa shape index (κ3) is 6.13. The van der Waals surface area contributed by atoms with Gasteiger partial charge in [-0.2, -0.15) is 0 Å². The number of aromatic amines is 2. The molecule has 0 spiro atoms. The smallest absolute Gasteiger partial charge is 0.407 e. The van der Waals surface area contributed by atoms with Gasteiger partial charge in [-0.25, -0.2) is 14.8 Å². The fourth-order valence-electron chi connectivity index (χ4n) is 8.56. The van der Waals surface area contributed by atoms with Crippen LogP contribution in [0.2, 0.25) is 0 Å². The Morgan fingerprint density at radius 2 is 1.87 bits per heavy atom. The second-order valence-electron chi connectivity index (χ2n) is 15.0. The number of rotatable bonds is 8. The third-order valence-electron chi connectivity index (χ3n) is 11.3. The minimum absolute atomic E-state index is 0.00138. The van der Waals surface area contributed by atoms with Crippen LogP contribution in [0.1, 0.15) is 82.0 Å². The first-order valence-corrected chi connectivity index (χ1v) is 19.1. The largest absolute Gasteiger partial charge is 0.488 e. The lowest BCUT2D eigenvalue weighted by atomic mass is 9.92. The van der Waals surface area contributed by atoms with E-state index >= 15 is 0 Å². The van der Waals surface area contributed by atoms with Crippen LogP contribution in [0.5, 0.6) is 5.75 Å². The molecule has 12 heteroatoms. The second kappa shape index (κ2) is 13.9. The van der Waals surface area contributed by atoms with Crippen molar-refractivity contribution < 1.29 is 23.8 Å². The summed E-state index contributed by atoms with van der Waals surface area (Å²) in [7, 11) is 3.08. The lowest BCUT2D eigenvalue weighted by molar-refractivity contribution is -0.137. The minimum atomic E-state index is -0.701. The number of hydrogen-bond acceptors (Lipinski definition) is 7. The maximum absolute atomic E-state index is 13.9. The number of ether oxygens (including phenoxy) is 3. The lowest BCUT2D eigenvalue weighted by Crippen LogP contribution is -2.52. The molecule has 1 saturated carbocycles. The number of benzene rings is 3. The molecule has 52 heavy (non-hydrogen) atoms. The molecular formula is C40H45BrN6O5. The monoisotopic (exact) mass is 768 g/mol. The molecule has 2 amide bonds. The molecule has 2 fully saturated rings. The zero-order valence-electron chi connectivity index (χ0n) is 30.2. The van der Waals surface area contributed by atoms with E-state index in [1.165, 1.54) is 13.5 Å². The van der Waals surface area contributed by atoms with E-state index in [-0.39, 0.29) is 23.9 Å². The molecule has 2 aliphatic heterocycles. The van der Waals surface area contributed by atoms with Crippen LogP contribution in [0.3, 0.4) is 0 Å². The summed E-state index contributed by atoms with van der Waals surface area (Å²) < 4.78 is 17.5. The number of aromatic nitrogens is 4. The van der Waals surface area contributed by atoms with Crippen LogP contribution < -0.4 is 10.1 Å². The summed E-state index contributed by atoms with van der Waals surface area (Å²) in [6.07, 6.45) is 4.38. The molecule has 5 atom stereocenters. The van der Waals surface area contributed by atoms with Crippen molar-refractivity contribution >= 4 is 49.7 Å². The predicted molar refractivity (Wildman–Crippen MR) is 203 cm³/mol. The van der Waals surface area contributed by atoms with Crippen LogP contribution in [-0.2, 0) is 20.9 Å². The number of nitrogens with zero attached hydrogens (tertiary/aromatic N) is 3. The summed E-state index contributed by atoms with van der Waals surface area (Å²) in [6, 6.07) is 14.0. The summed E-state index contributed by atoms with van der Waals surface area (Å²) in [5.41, 5.74) is 7.03. The van der Waals surface area contributed by atoms with E-state index in [4.69, 9.17) is 24.2 Å². The Hall–Kier alpha value is -4.42. The molecule has 0 unspecified atom stereocenters. The van der Waals surface area contributed by atoms with Gasteiger partial charge in [0.25, 0.3) is 0 Å². The Morgan fingerprint density at radius 3 is 2.65 bits per heavy atom. The highest BCUT2D eigenvalue weighted by molar-refractivity contribution is 9.10. The topological polar surface area (TPSA) is 134 Å². The van der Waals surface area contributed by atoms with Crippen LogP contribution >= 0.6 is 15.9 Å². The molecule has 4 heterocycles. The number of carbonyl (C=O) groups is 2. The van der Waals surface area contributed by atoms with Gasteiger partial charge in [0.2, 0.25) is 5.91 Å². The molecular weight excluding hydrogens is 724 g/mol. The van der Waals surface area contributed by atoms with Crippen molar-refractivity contribution in [1.82, 2.24) is 30.2 Å². The molecule has 0 bridgehead atoms. The Kier molecular flexibility index (Phi) is 9.23. The van der Waals surface area contributed by atoms with Gasteiger partial charge in [-0.1, -0.05) is 32.0 Å². The van der Waals surface area contributed by atoms with E-state index in [0.29, 0.717) is 18.4 Å². The van der Waals surface area contributed by atoms with E-state index in [2.05, 4.69) is 80.6 Å². The van der Waals surface area contributed by atoms with E-state index < -0.39 is 12.1 Å².